The van der Waals surface area contributed by atoms with Crippen LogP contribution in [-0.2, 0) is 4.79 Å². The van der Waals surface area contributed by atoms with Crippen molar-refractivity contribution in [3.05, 3.63) is 48.2 Å². The van der Waals surface area contributed by atoms with E-state index in [1.165, 1.54) is 4.90 Å². The van der Waals surface area contributed by atoms with Gasteiger partial charge in [0.15, 0.2) is 0 Å². The molecule has 1 heterocycles. The lowest BCUT2D eigenvalue weighted by Crippen LogP contribution is -2.19. The van der Waals surface area contributed by atoms with Crippen LogP contribution in [-0.4, -0.2) is 45.7 Å². The van der Waals surface area contributed by atoms with Gasteiger partial charge in [-0.25, -0.2) is 0 Å². The molecule has 158 valence electrons. The van der Waals surface area contributed by atoms with Crippen molar-refractivity contribution in [2.75, 3.05) is 34.9 Å². The van der Waals surface area contributed by atoms with Crippen LogP contribution in [0.15, 0.2) is 47.1 Å². The molecular weight excluding hydrogens is 382 g/mol. The second-order valence-electron chi connectivity index (χ2n) is 7.05. The highest BCUT2D eigenvalue weighted by atomic mass is 16.5. The molecule has 1 aromatic heterocycles. The Hall–Kier alpha value is -3.41. The Morgan fingerprint density at radius 2 is 1.83 bits per heavy atom. The van der Waals surface area contributed by atoms with Crippen LogP contribution in [0.2, 0.25) is 0 Å². The topological polar surface area (TPSA) is 61.1 Å². The van der Waals surface area contributed by atoms with Crippen molar-refractivity contribution in [2.24, 2.45) is 0 Å². The van der Waals surface area contributed by atoms with Crippen molar-refractivity contribution in [3.63, 3.8) is 0 Å². The van der Waals surface area contributed by atoms with E-state index in [-0.39, 0.29) is 5.91 Å². The number of hydrogen-bond acceptors (Lipinski definition) is 5. The second kappa shape index (κ2) is 8.95. The van der Waals surface area contributed by atoms with E-state index in [0.29, 0.717) is 23.7 Å². The van der Waals surface area contributed by atoms with Gasteiger partial charge in [-0.2, -0.15) is 0 Å². The molecule has 6 nitrogen and oxygen atoms in total. The van der Waals surface area contributed by atoms with E-state index in [9.17, 15) is 4.79 Å². The van der Waals surface area contributed by atoms with Crippen LogP contribution in [0.3, 0.4) is 0 Å². The van der Waals surface area contributed by atoms with E-state index in [0.717, 1.165) is 33.4 Å². The van der Waals surface area contributed by atoms with Gasteiger partial charge in [0.25, 0.3) is 0 Å². The number of likely N-dealkylation sites (N-methyl/N-ethyl adjacent to an activating group) is 1. The summed E-state index contributed by atoms with van der Waals surface area (Å²) in [6.45, 7) is 4.33. The number of benzene rings is 2. The molecule has 0 aliphatic heterocycles. The molecule has 3 rings (SSSR count). The first-order valence-corrected chi connectivity index (χ1v) is 9.70. The fourth-order valence-electron chi connectivity index (χ4n) is 3.26. The standard InChI is InChI=1S/C24H27NO5/c1-7-29-22-13-23-19(12-17(22)15(2)10-24(26)25(3)4)20(14-30-23)18-11-16(27-5)8-9-21(18)28-6/h8-14H,7H2,1-6H3/b15-10+. The number of furan rings is 1. The Labute approximate surface area is 176 Å². The average Bonchev–Trinajstić information content (AvgIpc) is 3.15. The third-order valence-electron chi connectivity index (χ3n) is 4.88. The van der Waals surface area contributed by atoms with Crippen LogP contribution in [0.4, 0.5) is 0 Å². The molecule has 0 atom stereocenters. The minimum absolute atomic E-state index is 0.0862. The van der Waals surface area contributed by atoms with E-state index >= 15 is 0 Å². The molecule has 0 fully saturated rings. The lowest BCUT2D eigenvalue weighted by atomic mass is 9.98. The summed E-state index contributed by atoms with van der Waals surface area (Å²) in [5.41, 5.74) is 4.06. The highest BCUT2D eigenvalue weighted by molar-refractivity contribution is 6.01. The Morgan fingerprint density at radius 3 is 2.47 bits per heavy atom. The number of carbonyl (C=O) groups is 1. The van der Waals surface area contributed by atoms with Crippen molar-refractivity contribution < 1.29 is 23.4 Å². The number of amides is 1. The average molecular weight is 409 g/mol. The van der Waals surface area contributed by atoms with E-state index in [4.69, 9.17) is 18.6 Å². The van der Waals surface area contributed by atoms with Gasteiger partial charge in [-0.05, 0) is 43.7 Å². The Morgan fingerprint density at radius 1 is 1.07 bits per heavy atom. The minimum atomic E-state index is -0.0862. The van der Waals surface area contributed by atoms with Crippen LogP contribution in [0.25, 0.3) is 27.7 Å². The predicted molar refractivity (Wildman–Crippen MR) is 118 cm³/mol. The second-order valence-corrected chi connectivity index (χ2v) is 7.05. The molecule has 0 saturated heterocycles. The highest BCUT2D eigenvalue weighted by Crippen LogP contribution is 2.41. The predicted octanol–water partition coefficient (Wildman–Crippen LogP) is 5.01. The van der Waals surface area contributed by atoms with Gasteiger partial charge >= 0.3 is 0 Å². The molecule has 0 saturated carbocycles. The number of fused-ring (bicyclic) bond motifs is 1. The van der Waals surface area contributed by atoms with Gasteiger partial charge < -0.3 is 23.5 Å². The molecule has 0 aliphatic rings. The van der Waals surface area contributed by atoms with Crippen molar-refractivity contribution in [1.82, 2.24) is 4.90 Å². The van der Waals surface area contributed by atoms with E-state index < -0.39 is 0 Å². The summed E-state index contributed by atoms with van der Waals surface area (Å²) in [6, 6.07) is 9.48. The summed E-state index contributed by atoms with van der Waals surface area (Å²) in [5.74, 6) is 2.02. The number of allylic oxidation sites excluding steroid dienone is 1. The van der Waals surface area contributed by atoms with Gasteiger partial charge in [-0.3, -0.25) is 4.79 Å². The fourth-order valence-corrected chi connectivity index (χ4v) is 3.26. The normalized spacial score (nSPS) is 11.5. The lowest BCUT2D eigenvalue weighted by Gasteiger charge is -2.13. The number of hydrogen-bond donors (Lipinski definition) is 0. The summed E-state index contributed by atoms with van der Waals surface area (Å²) in [6.07, 6.45) is 3.31. The molecule has 0 N–H and O–H groups in total. The third-order valence-corrected chi connectivity index (χ3v) is 4.88. The van der Waals surface area contributed by atoms with Crippen molar-refractivity contribution in [3.8, 4) is 28.4 Å². The molecule has 30 heavy (non-hydrogen) atoms. The van der Waals surface area contributed by atoms with Gasteiger partial charge in [-0.1, -0.05) is 0 Å². The first-order chi connectivity index (χ1) is 14.4. The monoisotopic (exact) mass is 409 g/mol. The van der Waals surface area contributed by atoms with Gasteiger partial charge in [-0.15, -0.1) is 0 Å². The zero-order valence-corrected chi connectivity index (χ0v) is 18.2. The van der Waals surface area contributed by atoms with Crippen molar-refractivity contribution >= 4 is 22.4 Å². The van der Waals surface area contributed by atoms with Gasteiger partial charge in [0, 0.05) is 48.3 Å². The molecule has 3 aromatic rings. The molecule has 1 amide bonds. The molecular formula is C24H27NO5. The highest BCUT2D eigenvalue weighted by Gasteiger charge is 2.18. The molecule has 2 aromatic carbocycles. The van der Waals surface area contributed by atoms with Gasteiger partial charge in [0.05, 0.1) is 27.1 Å². The maximum absolute atomic E-state index is 12.2. The lowest BCUT2D eigenvalue weighted by molar-refractivity contribution is -0.123. The number of ether oxygens (including phenoxy) is 3. The van der Waals surface area contributed by atoms with Gasteiger partial charge in [0.2, 0.25) is 5.91 Å². The Balaban J connectivity index is 2.23. The van der Waals surface area contributed by atoms with E-state index in [1.54, 1.807) is 40.7 Å². The zero-order valence-electron chi connectivity index (χ0n) is 18.2. The largest absolute Gasteiger partial charge is 0.497 e. The smallest absolute Gasteiger partial charge is 0.246 e. The molecule has 0 unspecified atom stereocenters. The summed E-state index contributed by atoms with van der Waals surface area (Å²) < 4.78 is 22.6. The Kier molecular flexibility index (Phi) is 6.35. The maximum atomic E-state index is 12.2. The fraction of sp³-hybridized carbons (Fsp3) is 0.292. The molecule has 0 bridgehead atoms. The van der Waals surface area contributed by atoms with Crippen LogP contribution in [0, 0.1) is 0 Å². The zero-order chi connectivity index (χ0) is 21.8. The van der Waals surface area contributed by atoms with Crippen LogP contribution in [0.1, 0.15) is 19.4 Å². The third kappa shape index (κ3) is 4.13. The maximum Gasteiger partial charge on any atom is 0.246 e. The number of nitrogens with zero attached hydrogens (tertiary/aromatic N) is 1. The molecule has 6 heteroatoms. The van der Waals surface area contributed by atoms with Gasteiger partial charge in [0.1, 0.15) is 22.8 Å². The molecule has 0 radical (unpaired) electrons. The first-order valence-electron chi connectivity index (χ1n) is 9.70. The summed E-state index contributed by atoms with van der Waals surface area (Å²) >= 11 is 0. The SMILES string of the molecule is CCOc1cc2occ(-c3cc(OC)ccc3OC)c2cc1/C(C)=C/C(=O)N(C)C. The van der Waals surface area contributed by atoms with E-state index in [2.05, 4.69) is 0 Å². The number of carbonyl (C=O) groups excluding carboxylic acids is 1. The summed E-state index contributed by atoms with van der Waals surface area (Å²) in [4.78, 5) is 13.7. The van der Waals surface area contributed by atoms with Crippen molar-refractivity contribution in [2.45, 2.75) is 13.8 Å². The van der Waals surface area contributed by atoms with E-state index in [1.807, 2.05) is 44.2 Å². The minimum Gasteiger partial charge on any atom is -0.497 e. The van der Waals surface area contributed by atoms with Crippen LogP contribution < -0.4 is 14.2 Å². The molecule has 0 spiro atoms. The quantitative estimate of drug-likeness (QED) is 0.514. The summed E-state index contributed by atoms with van der Waals surface area (Å²) in [7, 11) is 6.71. The number of rotatable bonds is 7. The number of methoxy groups -OCH3 is 2. The van der Waals surface area contributed by atoms with Crippen LogP contribution in [0.5, 0.6) is 17.2 Å². The first kappa shape index (κ1) is 21.3. The summed E-state index contributed by atoms with van der Waals surface area (Å²) in [5, 5.41) is 0.894. The molecule has 0 aliphatic carbocycles. The Bertz CT molecular complexity index is 1090. The van der Waals surface area contributed by atoms with Crippen molar-refractivity contribution in [1.29, 1.82) is 0 Å². The van der Waals surface area contributed by atoms with Crippen LogP contribution >= 0.6 is 0 Å².